The van der Waals surface area contributed by atoms with Crippen LogP contribution in [0, 0.1) is 0 Å². The molecule has 102 valence electrons. The van der Waals surface area contributed by atoms with Crippen LogP contribution in [-0.4, -0.2) is 5.91 Å². The second-order valence-corrected chi connectivity index (χ2v) is 5.10. The van der Waals surface area contributed by atoms with Gasteiger partial charge in [-0.25, -0.2) is 0 Å². The Morgan fingerprint density at radius 2 is 1.50 bits per heavy atom. The van der Waals surface area contributed by atoms with Gasteiger partial charge >= 0.3 is 0 Å². The molecular weight excluding hydrogens is 293 g/mol. The molecule has 0 unspecified atom stereocenters. The third-order valence-corrected chi connectivity index (χ3v) is 3.18. The Morgan fingerprint density at radius 3 is 2.10 bits per heavy atom. The van der Waals surface area contributed by atoms with Crippen LogP contribution in [-0.2, 0) is 11.3 Å². The van der Waals surface area contributed by atoms with E-state index in [-0.39, 0.29) is 5.91 Å². The van der Waals surface area contributed by atoms with Gasteiger partial charge in [-0.05, 0) is 41.5 Å². The average molecular weight is 306 g/mol. The zero-order chi connectivity index (χ0) is 14.4. The van der Waals surface area contributed by atoms with Crippen LogP contribution in [0.2, 0.25) is 10.0 Å². The Balaban J connectivity index is 1.86. The Hall–Kier alpha value is -1.77. The van der Waals surface area contributed by atoms with E-state index in [2.05, 4.69) is 5.32 Å². The van der Waals surface area contributed by atoms with Gasteiger partial charge in [-0.1, -0.05) is 47.5 Å². The van der Waals surface area contributed by atoms with E-state index in [1.807, 2.05) is 24.3 Å². The zero-order valence-corrected chi connectivity index (χ0v) is 12.2. The van der Waals surface area contributed by atoms with Crippen molar-refractivity contribution in [3.05, 3.63) is 75.8 Å². The Bertz CT molecular complexity index is 603. The fraction of sp³-hybridized carbons (Fsp3) is 0.0625. The summed E-state index contributed by atoms with van der Waals surface area (Å²) in [6.45, 7) is 0.473. The van der Waals surface area contributed by atoms with E-state index < -0.39 is 0 Å². The number of hydrogen-bond acceptors (Lipinski definition) is 1. The molecule has 2 nitrogen and oxygen atoms in total. The van der Waals surface area contributed by atoms with Crippen molar-refractivity contribution in [1.29, 1.82) is 0 Å². The van der Waals surface area contributed by atoms with Crippen LogP contribution in [0.4, 0.5) is 0 Å². The molecule has 0 aromatic heterocycles. The van der Waals surface area contributed by atoms with Gasteiger partial charge in [0.05, 0.1) is 0 Å². The van der Waals surface area contributed by atoms with Gasteiger partial charge in [0.2, 0.25) is 5.91 Å². The first-order valence-electron chi connectivity index (χ1n) is 6.09. The molecule has 0 fully saturated rings. The number of carbonyl (C=O) groups excluding carboxylic acids is 1. The normalized spacial score (nSPS) is 10.7. The van der Waals surface area contributed by atoms with Crippen LogP contribution < -0.4 is 5.32 Å². The lowest BCUT2D eigenvalue weighted by Gasteiger charge is -2.02. The first-order chi connectivity index (χ1) is 9.63. The molecule has 0 bridgehead atoms. The fourth-order valence-corrected chi connectivity index (χ4v) is 1.85. The molecule has 0 spiro atoms. The van der Waals surface area contributed by atoms with E-state index in [1.165, 1.54) is 6.08 Å². The van der Waals surface area contributed by atoms with Gasteiger partial charge in [0, 0.05) is 22.7 Å². The van der Waals surface area contributed by atoms with Gasteiger partial charge < -0.3 is 5.32 Å². The van der Waals surface area contributed by atoms with Gasteiger partial charge in [-0.15, -0.1) is 0 Å². The third-order valence-electron chi connectivity index (χ3n) is 2.68. The van der Waals surface area contributed by atoms with Crippen LogP contribution in [0.3, 0.4) is 0 Å². The number of hydrogen-bond donors (Lipinski definition) is 1. The van der Waals surface area contributed by atoms with Crippen molar-refractivity contribution >= 4 is 35.2 Å². The molecule has 1 N–H and O–H groups in total. The summed E-state index contributed by atoms with van der Waals surface area (Å²) in [5.41, 5.74) is 1.93. The predicted octanol–water partition coefficient (Wildman–Crippen LogP) is 4.32. The lowest BCUT2D eigenvalue weighted by Crippen LogP contribution is -2.20. The van der Waals surface area contributed by atoms with Crippen molar-refractivity contribution in [3.8, 4) is 0 Å². The monoisotopic (exact) mass is 305 g/mol. The molecule has 0 radical (unpaired) electrons. The van der Waals surface area contributed by atoms with Crippen molar-refractivity contribution in [2.24, 2.45) is 0 Å². The van der Waals surface area contributed by atoms with Gasteiger partial charge in [-0.2, -0.15) is 0 Å². The number of amides is 1. The highest BCUT2D eigenvalue weighted by molar-refractivity contribution is 6.30. The van der Waals surface area contributed by atoms with Crippen molar-refractivity contribution in [1.82, 2.24) is 5.32 Å². The molecule has 0 saturated carbocycles. The largest absolute Gasteiger partial charge is 0.348 e. The van der Waals surface area contributed by atoms with Crippen LogP contribution in [0.25, 0.3) is 6.08 Å². The second kappa shape index (κ2) is 7.13. The number of halogens is 2. The third kappa shape index (κ3) is 4.72. The number of benzene rings is 2. The zero-order valence-electron chi connectivity index (χ0n) is 10.6. The quantitative estimate of drug-likeness (QED) is 0.837. The molecule has 0 aliphatic rings. The van der Waals surface area contributed by atoms with Crippen LogP contribution in [0.15, 0.2) is 54.6 Å². The van der Waals surface area contributed by atoms with Crippen LogP contribution >= 0.6 is 23.2 Å². The van der Waals surface area contributed by atoms with Crippen LogP contribution in [0.5, 0.6) is 0 Å². The maximum atomic E-state index is 11.7. The van der Waals surface area contributed by atoms with E-state index in [9.17, 15) is 4.79 Å². The molecule has 2 aromatic carbocycles. The molecule has 2 aromatic rings. The molecule has 0 saturated heterocycles. The summed E-state index contributed by atoms with van der Waals surface area (Å²) < 4.78 is 0. The number of rotatable bonds is 4. The molecule has 20 heavy (non-hydrogen) atoms. The molecule has 0 aliphatic heterocycles. The van der Waals surface area contributed by atoms with E-state index in [1.54, 1.807) is 30.3 Å². The second-order valence-electron chi connectivity index (χ2n) is 4.23. The summed E-state index contributed by atoms with van der Waals surface area (Å²) in [5.74, 6) is -0.144. The average Bonchev–Trinajstić information content (AvgIpc) is 2.46. The first-order valence-corrected chi connectivity index (χ1v) is 6.85. The summed E-state index contributed by atoms with van der Waals surface area (Å²) in [7, 11) is 0. The highest BCUT2D eigenvalue weighted by atomic mass is 35.5. The fourth-order valence-electron chi connectivity index (χ4n) is 1.60. The van der Waals surface area contributed by atoms with Gasteiger partial charge in [-0.3, -0.25) is 4.79 Å². The minimum atomic E-state index is -0.144. The van der Waals surface area contributed by atoms with Crippen molar-refractivity contribution in [2.45, 2.75) is 6.54 Å². The minimum absolute atomic E-state index is 0.144. The summed E-state index contributed by atoms with van der Waals surface area (Å²) in [6, 6.07) is 14.6. The van der Waals surface area contributed by atoms with E-state index in [0.29, 0.717) is 16.6 Å². The topological polar surface area (TPSA) is 29.1 Å². The Morgan fingerprint density at radius 1 is 0.950 bits per heavy atom. The first kappa shape index (κ1) is 14.6. The van der Waals surface area contributed by atoms with Crippen molar-refractivity contribution in [2.75, 3.05) is 0 Å². The van der Waals surface area contributed by atoms with E-state index in [0.717, 1.165) is 11.1 Å². The maximum absolute atomic E-state index is 11.7. The predicted molar refractivity (Wildman–Crippen MR) is 83.8 cm³/mol. The maximum Gasteiger partial charge on any atom is 0.244 e. The summed E-state index contributed by atoms with van der Waals surface area (Å²) in [6.07, 6.45) is 3.24. The standard InChI is InChI=1S/C16H13Cl2NO/c17-14-6-1-12(2-7-14)5-10-16(20)19-11-13-3-8-15(18)9-4-13/h1-10H,11H2,(H,19,20). The van der Waals surface area contributed by atoms with Gasteiger partial charge in [0.15, 0.2) is 0 Å². The lowest BCUT2D eigenvalue weighted by atomic mass is 10.2. The van der Waals surface area contributed by atoms with Crippen LogP contribution in [0.1, 0.15) is 11.1 Å². The van der Waals surface area contributed by atoms with E-state index >= 15 is 0 Å². The highest BCUT2D eigenvalue weighted by Gasteiger charge is 1.97. The van der Waals surface area contributed by atoms with Gasteiger partial charge in [0.1, 0.15) is 0 Å². The minimum Gasteiger partial charge on any atom is -0.348 e. The van der Waals surface area contributed by atoms with Gasteiger partial charge in [0.25, 0.3) is 0 Å². The number of carbonyl (C=O) groups is 1. The summed E-state index contributed by atoms with van der Waals surface area (Å²) in [4.78, 5) is 11.7. The number of nitrogens with one attached hydrogen (secondary N) is 1. The Labute approximate surface area is 128 Å². The molecule has 0 heterocycles. The highest BCUT2D eigenvalue weighted by Crippen LogP contribution is 2.11. The summed E-state index contributed by atoms with van der Waals surface area (Å²) in [5, 5.41) is 4.16. The molecule has 0 atom stereocenters. The Kier molecular flexibility index (Phi) is 5.22. The molecule has 1 amide bonds. The summed E-state index contributed by atoms with van der Waals surface area (Å²) >= 11 is 11.6. The smallest absolute Gasteiger partial charge is 0.244 e. The lowest BCUT2D eigenvalue weighted by molar-refractivity contribution is -0.116. The molecule has 4 heteroatoms. The molecule has 2 rings (SSSR count). The molecule has 0 aliphatic carbocycles. The van der Waals surface area contributed by atoms with Crippen molar-refractivity contribution in [3.63, 3.8) is 0 Å². The van der Waals surface area contributed by atoms with E-state index in [4.69, 9.17) is 23.2 Å². The SMILES string of the molecule is O=C(C=Cc1ccc(Cl)cc1)NCc1ccc(Cl)cc1. The van der Waals surface area contributed by atoms with Crippen molar-refractivity contribution < 1.29 is 4.79 Å². The molecular formula is C16H13Cl2NO.